The van der Waals surface area contributed by atoms with Gasteiger partial charge >= 0.3 is 5.69 Å². The number of piperidine rings is 1. The zero-order chi connectivity index (χ0) is 18.7. The highest BCUT2D eigenvalue weighted by Crippen LogP contribution is 2.36. The molecule has 2 aromatic carbocycles. The Labute approximate surface area is 156 Å². The maximum absolute atomic E-state index is 12.7. The first-order valence-electron chi connectivity index (χ1n) is 8.10. The van der Waals surface area contributed by atoms with Crippen LogP contribution in [0.2, 0.25) is 5.02 Å². The summed E-state index contributed by atoms with van der Waals surface area (Å²) < 4.78 is 32.4. The molecule has 0 unspecified atom stereocenters. The third-order valence-electron chi connectivity index (χ3n) is 4.14. The number of rotatable bonds is 5. The molecular formula is C17H17ClN2O5S. The molecule has 1 fully saturated rings. The van der Waals surface area contributed by atoms with Crippen LogP contribution >= 0.6 is 11.6 Å². The first-order chi connectivity index (χ1) is 12.4. The van der Waals surface area contributed by atoms with E-state index in [1.165, 1.54) is 16.4 Å². The highest BCUT2D eigenvalue weighted by atomic mass is 35.5. The minimum atomic E-state index is -3.77. The number of halogens is 1. The van der Waals surface area contributed by atoms with Crippen molar-refractivity contribution in [2.24, 2.45) is 0 Å². The predicted molar refractivity (Wildman–Crippen MR) is 97.2 cm³/mol. The second kappa shape index (κ2) is 7.61. The van der Waals surface area contributed by atoms with Gasteiger partial charge in [-0.2, -0.15) is 4.31 Å². The number of nitro groups is 1. The Kier molecular flexibility index (Phi) is 5.45. The number of hydrogen-bond acceptors (Lipinski definition) is 5. The average molecular weight is 397 g/mol. The van der Waals surface area contributed by atoms with E-state index < -0.39 is 20.6 Å². The number of para-hydroxylation sites is 1. The van der Waals surface area contributed by atoms with Crippen molar-refractivity contribution in [2.45, 2.75) is 24.2 Å². The van der Waals surface area contributed by atoms with E-state index in [1.54, 1.807) is 24.3 Å². The van der Waals surface area contributed by atoms with Crippen LogP contribution < -0.4 is 4.74 Å². The molecule has 1 heterocycles. The standard InChI is InChI=1S/C17H17ClN2O5S/c18-14-6-2-3-7-16(14)25-17-9-8-13(12-15(17)20(21)22)26(23,24)19-10-4-1-5-11-19/h2-3,6-9,12H,1,4-5,10-11H2. The highest BCUT2D eigenvalue weighted by molar-refractivity contribution is 7.89. The van der Waals surface area contributed by atoms with Gasteiger partial charge in [0.2, 0.25) is 15.8 Å². The minimum Gasteiger partial charge on any atom is -0.449 e. The Balaban J connectivity index is 1.97. The Bertz CT molecular complexity index is 927. The first-order valence-corrected chi connectivity index (χ1v) is 9.92. The van der Waals surface area contributed by atoms with Crippen LogP contribution in [0.15, 0.2) is 47.4 Å². The Hall–Kier alpha value is -2.16. The summed E-state index contributed by atoms with van der Waals surface area (Å²) in [6.45, 7) is 0.849. The van der Waals surface area contributed by atoms with Gasteiger partial charge in [-0.1, -0.05) is 30.2 Å². The second-order valence-corrected chi connectivity index (χ2v) is 8.23. The van der Waals surface area contributed by atoms with Gasteiger partial charge in [0.05, 0.1) is 14.8 Å². The lowest BCUT2D eigenvalue weighted by atomic mass is 10.2. The van der Waals surface area contributed by atoms with Crippen LogP contribution in [-0.4, -0.2) is 30.7 Å². The molecule has 0 N–H and O–H groups in total. The van der Waals surface area contributed by atoms with Gasteiger partial charge in [-0.15, -0.1) is 0 Å². The van der Waals surface area contributed by atoms with E-state index in [9.17, 15) is 18.5 Å². The first kappa shape index (κ1) is 18.6. The fourth-order valence-electron chi connectivity index (χ4n) is 2.79. The van der Waals surface area contributed by atoms with Gasteiger partial charge in [-0.25, -0.2) is 8.42 Å². The van der Waals surface area contributed by atoms with Gasteiger partial charge in [-0.3, -0.25) is 10.1 Å². The monoisotopic (exact) mass is 396 g/mol. The fourth-order valence-corrected chi connectivity index (χ4v) is 4.50. The quantitative estimate of drug-likeness (QED) is 0.557. The number of nitro benzene ring substituents is 1. The number of benzene rings is 2. The maximum atomic E-state index is 12.7. The van der Waals surface area contributed by atoms with Crippen LogP contribution in [0.5, 0.6) is 11.5 Å². The number of hydrogen-bond donors (Lipinski definition) is 0. The molecule has 0 amide bonds. The lowest BCUT2D eigenvalue weighted by molar-refractivity contribution is -0.385. The van der Waals surface area contributed by atoms with Crippen LogP contribution in [0.25, 0.3) is 0 Å². The summed E-state index contributed by atoms with van der Waals surface area (Å²) >= 11 is 6.01. The van der Waals surface area contributed by atoms with Gasteiger partial charge in [0.1, 0.15) is 5.75 Å². The molecule has 26 heavy (non-hydrogen) atoms. The van der Waals surface area contributed by atoms with E-state index in [0.29, 0.717) is 18.1 Å². The lowest BCUT2D eigenvalue weighted by Crippen LogP contribution is -2.35. The Morgan fingerprint density at radius 3 is 2.38 bits per heavy atom. The van der Waals surface area contributed by atoms with Crippen LogP contribution in [0.1, 0.15) is 19.3 Å². The average Bonchev–Trinajstić information content (AvgIpc) is 2.64. The van der Waals surface area contributed by atoms with Gasteiger partial charge in [0, 0.05) is 19.2 Å². The van der Waals surface area contributed by atoms with Crippen LogP contribution in [0, 0.1) is 10.1 Å². The summed E-state index contributed by atoms with van der Waals surface area (Å²) in [7, 11) is -3.77. The molecule has 1 saturated heterocycles. The van der Waals surface area contributed by atoms with E-state index in [0.717, 1.165) is 25.3 Å². The molecule has 1 aliphatic rings. The number of nitrogens with zero attached hydrogens (tertiary/aromatic N) is 2. The molecule has 138 valence electrons. The normalized spacial score (nSPS) is 15.6. The number of ether oxygens (including phenoxy) is 1. The topological polar surface area (TPSA) is 89.8 Å². The Morgan fingerprint density at radius 1 is 1.04 bits per heavy atom. The van der Waals surface area contributed by atoms with Crippen molar-refractivity contribution in [1.29, 1.82) is 0 Å². The van der Waals surface area contributed by atoms with E-state index in [4.69, 9.17) is 16.3 Å². The summed E-state index contributed by atoms with van der Waals surface area (Å²) in [5.41, 5.74) is -0.428. The molecule has 0 atom stereocenters. The van der Waals surface area contributed by atoms with Crippen molar-refractivity contribution in [3.8, 4) is 11.5 Å². The summed E-state index contributed by atoms with van der Waals surface area (Å²) in [6, 6.07) is 10.2. The van der Waals surface area contributed by atoms with Gasteiger partial charge in [0.15, 0.2) is 0 Å². The lowest BCUT2D eigenvalue weighted by Gasteiger charge is -2.25. The van der Waals surface area contributed by atoms with Crippen LogP contribution in [-0.2, 0) is 10.0 Å². The molecule has 7 nitrogen and oxygen atoms in total. The zero-order valence-corrected chi connectivity index (χ0v) is 15.4. The smallest absolute Gasteiger partial charge is 0.312 e. The molecule has 0 bridgehead atoms. The molecule has 3 rings (SSSR count). The minimum absolute atomic E-state index is 0.0688. The van der Waals surface area contributed by atoms with Crippen LogP contribution in [0.4, 0.5) is 5.69 Å². The molecule has 0 aromatic heterocycles. The van der Waals surface area contributed by atoms with Crippen molar-refractivity contribution in [3.05, 3.63) is 57.6 Å². The zero-order valence-electron chi connectivity index (χ0n) is 13.8. The van der Waals surface area contributed by atoms with Gasteiger partial charge in [-0.05, 0) is 37.1 Å². The SMILES string of the molecule is O=[N+]([O-])c1cc(S(=O)(=O)N2CCCCC2)ccc1Oc1ccccc1Cl. The molecule has 0 radical (unpaired) electrons. The highest BCUT2D eigenvalue weighted by Gasteiger charge is 2.29. The third kappa shape index (κ3) is 3.82. The van der Waals surface area contributed by atoms with Crippen molar-refractivity contribution < 1.29 is 18.1 Å². The number of sulfonamides is 1. The van der Waals surface area contributed by atoms with E-state index in [2.05, 4.69) is 0 Å². The molecule has 0 saturated carbocycles. The molecule has 2 aromatic rings. The van der Waals surface area contributed by atoms with E-state index >= 15 is 0 Å². The molecule has 0 spiro atoms. The summed E-state index contributed by atoms with van der Waals surface area (Å²) in [5.74, 6) is 0.185. The van der Waals surface area contributed by atoms with Crippen LogP contribution in [0.3, 0.4) is 0 Å². The largest absolute Gasteiger partial charge is 0.449 e. The fraction of sp³-hybridized carbons (Fsp3) is 0.294. The second-order valence-electron chi connectivity index (χ2n) is 5.88. The molecule has 0 aliphatic carbocycles. The van der Waals surface area contributed by atoms with Crippen molar-refractivity contribution in [1.82, 2.24) is 4.31 Å². The van der Waals surface area contributed by atoms with Gasteiger partial charge < -0.3 is 4.74 Å². The van der Waals surface area contributed by atoms with E-state index in [1.807, 2.05) is 0 Å². The predicted octanol–water partition coefficient (Wildman–Crippen LogP) is 4.22. The summed E-state index contributed by atoms with van der Waals surface area (Å²) in [6.07, 6.45) is 2.56. The van der Waals surface area contributed by atoms with E-state index in [-0.39, 0.29) is 16.4 Å². The molecule has 9 heteroatoms. The third-order valence-corrected chi connectivity index (χ3v) is 6.34. The maximum Gasteiger partial charge on any atom is 0.312 e. The van der Waals surface area contributed by atoms with Crippen molar-refractivity contribution in [3.63, 3.8) is 0 Å². The van der Waals surface area contributed by atoms with Crippen molar-refractivity contribution >= 4 is 27.3 Å². The summed E-state index contributed by atoms with van der Waals surface area (Å²) in [5, 5.41) is 11.7. The Morgan fingerprint density at radius 2 is 1.73 bits per heavy atom. The summed E-state index contributed by atoms with van der Waals surface area (Å²) in [4.78, 5) is 10.7. The van der Waals surface area contributed by atoms with Crippen molar-refractivity contribution in [2.75, 3.05) is 13.1 Å². The molecular weight excluding hydrogens is 380 g/mol. The molecule has 1 aliphatic heterocycles. The van der Waals surface area contributed by atoms with Gasteiger partial charge in [0.25, 0.3) is 0 Å².